The van der Waals surface area contributed by atoms with Crippen molar-refractivity contribution in [2.45, 2.75) is 39.7 Å². The van der Waals surface area contributed by atoms with Gasteiger partial charge in [-0.3, -0.25) is 9.59 Å². The van der Waals surface area contributed by atoms with E-state index in [1.165, 1.54) is 21.9 Å². The molecule has 1 aromatic carbocycles. The molecule has 0 aliphatic carbocycles. The van der Waals surface area contributed by atoms with Gasteiger partial charge in [-0.2, -0.15) is 9.61 Å². The fraction of sp³-hybridized carbons (Fsp3) is 0.316. The number of esters is 1. The van der Waals surface area contributed by atoms with Gasteiger partial charge in [-0.05, 0) is 24.3 Å². The molecule has 2 aromatic heterocycles. The molecule has 1 N–H and O–H groups in total. The zero-order valence-electron chi connectivity index (χ0n) is 15.8. The Labute approximate surface area is 165 Å². The van der Waals surface area contributed by atoms with Crippen LogP contribution >= 0.6 is 11.3 Å². The van der Waals surface area contributed by atoms with Crippen LogP contribution in [-0.4, -0.2) is 26.5 Å². The second-order valence-electron chi connectivity index (χ2n) is 6.43. The van der Waals surface area contributed by atoms with Gasteiger partial charge >= 0.3 is 5.97 Å². The highest BCUT2D eigenvalue weighted by Crippen LogP contribution is 2.20. The van der Waals surface area contributed by atoms with Gasteiger partial charge in [0, 0.05) is 24.1 Å². The molecule has 0 bridgehead atoms. The Morgan fingerprint density at radius 1 is 1.25 bits per heavy atom. The molecule has 0 saturated heterocycles. The predicted octanol–water partition coefficient (Wildman–Crippen LogP) is 2.98. The minimum Gasteiger partial charge on any atom is -0.456 e. The zero-order valence-corrected chi connectivity index (χ0v) is 16.6. The lowest BCUT2D eigenvalue weighted by Gasteiger charge is -2.06. The second kappa shape index (κ2) is 8.30. The minimum atomic E-state index is -0.539. The summed E-state index contributed by atoms with van der Waals surface area (Å²) in [4.78, 5) is 40.6. The molecule has 3 aromatic rings. The Balaban J connectivity index is 1.68. The average Bonchev–Trinajstić information content (AvgIpc) is 3.12. The van der Waals surface area contributed by atoms with E-state index in [2.05, 4.69) is 15.4 Å². The fourth-order valence-electron chi connectivity index (χ4n) is 2.34. The van der Waals surface area contributed by atoms with E-state index in [0.717, 1.165) is 5.01 Å². The number of amides is 1. The summed E-state index contributed by atoms with van der Waals surface area (Å²) < 4.78 is 6.52. The average molecular weight is 400 g/mol. The van der Waals surface area contributed by atoms with E-state index < -0.39 is 5.97 Å². The smallest absolute Gasteiger partial charge is 0.338 e. The highest BCUT2D eigenvalue weighted by Gasteiger charge is 2.13. The minimum absolute atomic E-state index is 0.105. The van der Waals surface area contributed by atoms with Gasteiger partial charge in [0.05, 0.1) is 11.3 Å². The number of nitrogens with zero attached hydrogens (tertiary/aromatic N) is 3. The molecule has 146 valence electrons. The number of ether oxygens (including phenoxy) is 1. The van der Waals surface area contributed by atoms with Crippen molar-refractivity contribution in [2.75, 3.05) is 5.32 Å². The number of hydrogen-bond donors (Lipinski definition) is 1. The molecule has 2 heterocycles. The largest absolute Gasteiger partial charge is 0.456 e. The highest BCUT2D eigenvalue weighted by molar-refractivity contribution is 7.16. The van der Waals surface area contributed by atoms with Crippen molar-refractivity contribution in [3.05, 3.63) is 57.0 Å². The zero-order chi connectivity index (χ0) is 20.3. The number of fused-ring (bicyclic) bond motifs is 1. The van der Waals surface area contributed by atoms with Crippen LogP contribution in [0.4, 0.5) is 5.69 Å². The molecule has 1 amide bonds. The van der Waals surface area contributed by atoms with E-state index >= 15 is 0 Å². The van der Waals surface area contributed by atoms with Gasteiger partial charge < -0.3 is 10.1 Å². The van der Waals surface area contributed by atoms with Crippen LogP contribution in [0.5, 0.6) is 0 Å². The maximum atomic E-state index is 12.2. The third kappa shape index (κ3) is 4.42. The van der Waals surface area contributed by atoms with Gasteiger partial charge in [-0.15, -0.1) is 0 Å². The van der Waals surface area contributed by atoms with Crippen LogP contribution in [0.25, 0.3) is 4.96 Å². The molecule has 8 nitrogen and oxygen atoms in total. The molecule has 28 heavy (non-hydrogen) atoms. The van der Waals surface area contributed by atoms with Crippen LogP contribution in [0.3, 0.4) is 0 Å². The van der Waals surface area contributed by atoms with Crippen LogP contribution < -0.4 is 10.9 Å². The Morgan fingerprint density at radius 2 is 1.96 bits per heavy atom. The quantitative estimate of drug-likeness (QED) is 0.638. The number of benzene rings is 1. The van der Waals surface area contributed by atoms with Crippen molar-refractivity contribution < 1.29 is 14.3 Å². The Morgan fingerprint density at radius 3 is 2.61 bits per heavy atom. The first kappa shape index (κ1) is 19.7. The molecule has 0 fully saturated rings. The van der Waals surface area contributed by atoms with Crippen molar-refractivity contribution in [3.8, 4) is 0 Å². The number of aromatic nitrogens is 3. The van der Waals surface area contributed by atoms with Gasteiger partial charge in [0.1, 0.15) is 11.6 Å². The summed E-state index contributed by atoms with van der Waals surface area (Å²) in [6.45, 7) is 5.62. The number of anilines is 1. The number of hydrogen-bond acceptors (Lipinski definition) is 7. The maximum absolute atomic E-state index is 12.2. The monoisotopic (exact) mass is 400 g/mol. The third-order valence-corrected chi connectivity index (χ3v) is 5.09. The molecular weight excluding hydrogens is 380 g/mol. The van der Waals surface area contributed by atoms with Crippen LogP contribution in [0.2, 0.25) is 0 Å². The first-order valence-corrected chi connectivity index (χ1v) is 9.65. The Hall–Kier alpha value is -3.07. The molecular formula is C19H20N4O4S. The van der Waals surface area contributed by atoms with Gasteiger partial charge in [-0.25, -0.2) is 9.78 Å². The van der Waals surface area contributed by atoms with Gasteiger partial charge in [0.15, 0.2) is 0 Å². The van der Waals surface area contributed by atoms with Gasteiger partial charge in [0.2, 0.25) is 10.9 Å². The lowest BCUT2D eigenvalue weighted by atomic mass is 10.2. The lowest BCUT2D eigenvalue weighted by Crippen LogP contribution is -2.16. The van der Waals surface area contributed by atoms with Crippen LogP contribution in [0.1, 0.15) is 54.2 Å². The molecule has 0 saturated carbocycles. The predicted molar refractivity (Wildman–Crippen MR) is 106 cm³/mol. The molecule has 0 aliphatic heterocycles. The molecule has 0 radical (unpaired) electrons. The van der Waals surface area contributed by atoms with Gasteiger partial charge in [-0.1, -0.05) is 32.1 Å². The lowest BCUT2D eigenvalue weighted by molar-refractivity contribution is -0.115. The third-order valence-electron chi connectivity index (χ3n) is 3.88. The van der Waals surface area contributed by atoms with Gasteiger partial charge in [0.25, 0.3) is 5.56 Å². The molecule has 0 unspecified atom stereocenters. The summed E-state index contributed by atoms with van der Waals surface area (Å²) in [5, 5.41) is 7.77. The second-order valence-corrected chi connectivity index (χ2v) is 7.42. The number of carbonyl (C=O) groups excluding carboxylic acids is 2. The van der Waals surface area contributed by atoms with E-state index in [-0.39, 0.29) is 24.0 Å². The fourth-order valence-corrected chi connectivity index (χ4v) is 3.27. The standard InChI is InChI=1S/C19H20N4O4S/c1-4-15(24)20-13-7-5-12(6-8-13)18(26)27-10-14-9-16(25)23-19(21-14)28-17(22-23)11(2)3/h5-9,11H,4,10H2,1-3H3,(H,20,24). The van der Waals surface area contributed by atoms with E-state index in [0.29, 0.717) is 28.3 Å². The maximum Gasteiger partial charge on any atom is 0.338 e. The van der Waals surface area contributed by atoms with E-state index in [4.69, 9.17) is 4.74 Å². The summed E-state index contributed by atoms with van der Waals surface area (Å²) in [6.07, 6.45) is 0.375. The van der Waals surface area contributed by atoms with Crippen LogP contribution in [0.15, 0.2) is 35.1 Å². The van der Waals surface area contributed by atoms with Crippen molar-refractivity contribution in [2.24, 2.45) is 0 Å². The first-order chi connectivity index (χ1) is 13.4. The number of rotatable bonds is 6. The number of carbonyl (C=O) groups is 2. The van der Waals surface area contributed by atoms with Crippen LogP contribution in [0, 0.1) is 0 Å². The molecule has 3 rings (SSSR count). The molecule has 0 atom stereocenters. The Bertz CT molecular complexity index is 1070. The van der Waals surface area contributed by atoms with E-state index in [1.54, 1.807) is 31.2 Å². The first-order valence-electron chi connectivity index (χ1n) is 8.84. The van der Waals surface area contributed by atoms with Crippen LogP contribution in [-0.2, 0) is 16.1 Å². The normalized spacial score (nSPS) is 11.0. The molecule has 9 heteroatoms. The highest BCUT2D eigenvalue weighted by atomic mass is 32.1. The topological polar surface area (TPSA) is 103 Å². The summed E-state index contributed by atoms with van der Waals surface area (Å²) >= 11 is 1.34. The summed E-state index contributed by atoms with van der Waals surface area (Å²) in [5.74, 6) is -0.452. The Kier molecular flexibility index (Phi) is 5.84. The number of nitrogens with one attached hydrogen (secondary N) is 1. The van der Waals surface area contributed by atoms with E-state index in [1.807, 2.05) is 13.8 Å². The van der Waals surface area contributed by atoms with Crippen molar-refractivity contribution in [1.29, 1.82) is 0 Å². The van der Waals surface area contributed by atoms with E-state index in [9.17, 15) is 14.4 Å². The van der Waals surface area contributed by atoms with Crippen molar-refractivity contribution >= 4 is 33.9 Å². The SMILES string of the molecule is CCC(=O)Nc1ccc(C(=O)OCc2cc(=O)n3nc(C(C)C)sc3n2)cc1. The molecule has 0 aliphatic rings. The summed E-state index contributed by atoms with van der Waals surface area (Å²) in [5.41, 5.74) is 1.00. The van der Waals surface area contributed by atoms with Crippen molar-refractivity contribution in [1.82, 2.24) is 14.6 Å². The molecule has 0 spiro atoms. The summed E-state index contributed by atoms with van der Waals surface area (Å²) in [7, 11) is 0. The van der Waals surface area contributed by atoms with Crippen molar-refractivity contribution in [3.63, 3.8) is 0 Å². The summed E-state index contributed by atoms with van der Waals surface area (Å²) in [6, 6.07) is 7.71.